The number of nitrogens with one attached hydrogen (secondary N) is 1. The average Bonchev–Trinajstić information content (AvgIpc) is 3.07. The standard InChI is InChI=1S/C17H20N2O4S2/c20-17(21)14-9-16(24-12-14)25(22,23)18-15-7-4-8-19(11-15)10-13-5-2-1-3-6-13/h1-3,5-6,9,12,15,18H,4,7-8,10-11H2,(H,20,21). The van der Waals surface area contributed by atoms with Crippen molar-refractivity contribution < 1.29 is 18.3 Å². The van der Waals surface area contributed by atoms with Crippen LogP contribution >= 0.6 is 11.3 Å². The molecule has 1 aliphatic heterocycles. The topological polar surface area (TPSA) is 86.7 Å². The molecular formula is C17H20N2O4S2. The zero-order valence-corrected chi connectivity index (χ0v) is 15.2. The molecule has 1 atom stereocenters. The lowest BCUT2D eigenvalue weighted by Crippen LogP contribution is -2.47. The van der Waals surface area contributed by atoms with Crippen molar-refractivity contribution in [1.82, 2.24) is 9.62 Å². The number of nitrogens with zero attached hydrogens (tertiary/aromatic N) is 1. The van der Waals surface area contributed by atoms with Crippen molar-refractivity contribution in [2.45, 2.75) is 29.6 Å². The van der Waals surface area contributed by atoms with Crippen LogP contribution in [0.2, 0.25) is 0 Å². The second kappa shape index (κ2) is 7.65. The molecule has 1 aliphatic rings. The monoisotopic (exact) mass is 380 g/mol. The first-order chi connectivity index (χ1) is 11.9. The molecule has 8 heteroatoms. The molecule has 1 fully saturated rings. The van der Waals surface area contributed by atoms with Gasteiger partial charge in [0, 0.05) is 24.5 Å². The summed E-state index contributed by atoms with van der Waals surface area (Å²) in [5, 5.41) is 10.3. The maximum atomic E-state index is 12.5. The van der Waals surface area contributed by atoms with Gasteiger partial charge in [-0.3, -0.25) is 4.90 Å². The van der Waals surface area contributed by atoms with Crippen LogP contribution in [-0.2, 0) is 16.6 Å². The Bertz CT molecular complexity index is 833. The fourth-order valence-corrected chi connectivity index (χ4v) is 5.42. The summed E-state index contributed by atoms with van der Waals surface area (Å²) >= 11 is 0.932. The summed E-state index contributed by atoms with van der Waals surface area (Å²) in [6.45, 7) is 2.38. The number of carboxylic acids is 1. The van der Waals surface area contributed by atoms with Gasteiger partial charge < -0.3 is 5.11 Å². The van der Waals surface area contributed by atoms with Gasteiger partial charge in [0.2, 0.25) is 10.0 Å². The van der Waals surface area contributed by atoms with Crippen LogP contribution in [0, 0.1) is 0 Å². The van der Waals surface area contributed by atoms with Crippen molar-refractivity contribution >= 4 is 27.3 Å². The number of aromatic carboxylic acids is 1. The zero-order chi connectivity index (χ0) is 17.9. The number of rotatable bonds is 6. The van der Waals surface area contributed by atoms with Gasteiger partial charge in [0.05, 0.1) is 5.56 Å². The summed E-state index contributed by atoms with van der Waals surface area (Å²) in [7, 11) is -3.69. The molecule has 1 aromatic carbocycles. The molecule has 25 heavy (non-hydrogen) atoms. The van der Waals surface area contributed by atoms with E-state index in [0.29, 0.717) is 6.54 Å². The smallest absolute Gasteiger partial charge is 0.336 e. The number of benzene rings is 1. The van der Waals surface area contributed by atoms with E-state index in [1.54, 1.807) is 0 Å². The van der Waals surface area contributed by atoms with Crippen LogP contribution in [-0.4, -0.2) is 43.5 Å². The first-order valence-corrected chi connectivity index (χ1v) is 10.4. The lowest BCUT2D eigenvalue weighted by atomic mass is 10.1. The third-order valence-corrected chi connectivity index (χ3v) is 7.12. The third-order valence-electron chi connectivity index (χ3n) is 4.16. The lowest BCUT2D eigenvalue weighted by Gasteiger charge is -2.32. The molecule has 2 heterocycles. The van der Waals surface area contributed by atoms with E-state index in [9.17, 15) is 13.2 Å². The minimum absolute atomic E-state index is 0.000256. The van der Waals surface area contributed by atoms with Crippen molar-refractivity contribution in [2.24, 2.45) is 0 Å². The van der Waals surface area contributed by atoms with E-state index in [1.165, 1.54) is 17.0 Å². The predicted molar refractivity (Wildman–Crippen MR) is 96.3 cm³/mol. The number of thiophene rings is 1. The number of piperidine rings is 1. The Morgan fingerprint density at radius 3 is 2.76 bits per heavy atom. The van der Waals surface area contributed by atoms with Crippen molar-refractivity contribution in [3.8, 4) is 0 Å². The molecule has 1 saturated heterocycles. The second-order valence-electron chi connectivity index (χ2n) is 6.14. The van der Waals surface area contributed by atoms with Crippen LogP contribution in [0.15, 0.2) is 46.0 Å². The molecule has 1 aromatic heterocycles. The molecule has 0 spiro atoms. The molecule has 134 valence electrons. The van der Waals surface area contributed by atoms with Crippen LogP contribution in [0.25, 0.3) is 0 Å². The van der Waals surface area contributed by atoms with Gasteiger partial charge in [-0.05, 0) is 31.0 Å². The Balaban J connectivity index is 1.64. The molecular weight excluding hydrogens is 360 g/mol. The quantitative estimate of drug-likeness (QED) is 0.804. The average molecular weight is 380 g/mol. The number of hydrogen-bond acceptors (Lipinski definition) is 5. The minimum atomic E-state index is -3.69. The predicted octanol–water partition coefficient (Wildman–Crippen LogP) is 2.39. The fourth-order valence-electron chi connectivity index (χ4n) is 2.98. The Hall–Kier alpha value is -1.74. The number of hydrogen-bond donors (Lipinski definition) is 2. The van der Waals surface area contributed by atoms with Gasteiger partial charge in [-0.25, -0.2) is 17.9 Å². The molecule has 6 nitrogen and oxygen atoms in total. The largest absolute Gasteiger partial charge is 0.478 e. The van der Waals surface area contributed by atoms with E-state index in [2.05, 4.69) is 21.8 Å². The highest BCUT2D eigenvalue weighted by molar-refractivity contribution is 7.91. The highest BCUT2D eigenvalue weighted by Gasteiger charge is 2.26. The van der Waals surface area contributed by atoms with E-state index in [-0.39, 0.29) is 15.8 Å². The molecule has 0 radical (unpaired) electrons. The van der Waals surface area contributed by atoms with Crippen LogP contribution in [0.5, 0.6) is 0 Å². The number of likely N-dealkylation sites (tertiary alicyclic amines) is 1. The van der Waals surface area contributed by atoms with Gasteiger partial charge in [0.25, 0.3) is 0 Å². The summed E-state index contributed by atoms with van der Waals surface area (Å²) in [6.07, 6.45) is 1.70. The molecule has 3 rings (SSSR count). The molecule has 0 saturated carbocycles. The van der Waals surface area contributed by atoms with Gasteiger partial charge in [-0.15, -0.1) is 11.3 Å². The maximum Gasteiger partial charge on any atom is 0.336 e. The first kappa shape index (κ1) is 18.1. The van der Waals surface area contributed by atoms with Gasteiger partial charge >= 0.3 is 5.97 Å². The van der Waals surface area contributed by atoms with Gasteiger partial charge in [-0.2, -0.15) is 0 Å². The first-order valence-electron chi connectivity index (χ1n) is 8.04. The van der Waals surface area contributed by atoms with Crippen LogP contribution in [0.4, 0.5) is 0 Å². The molecule has 0 amide bonds. The number of carbonyl (C=O) groups is 1. The maximum absolute atomic E-state index is 12.5. The third kappa shape index (κ3) is 4.66. The SMILES string of the molecule is O=C(O)c1csc(S(=O)(=O)NC2CCCN(Cc3ccccc3)C2)c1. The lowest BCUT2D eigenvalue weighted by molar-refractivity contribution is 0.0697. The Labute approximate surface area is 151 Å². The summed E-state index contributed by atoms with van der Waals surface area (Å²) < 4.78 is 27.8. The Morgan fingerprint density at radius 1 is 1.32 bits per heavy atom. The van der Waals surface area contributed by atoms with Crippen LogP contribution in [0.1, 0.15) is 28.8 Å². The highest BCUT2D eigenvalue weighted by Crippen LogP contribution is 2.22. The summed E-state index contributed by atoms with van der Waals surface area (Å²) in [4.78, 5) is 13.2. The van der Waals surface area contributed by atoms with Gasteiger partial charge in [0.1, 0.15) is 4.21 Å². The Kier molecular flexibility index (Phi) is 5.53. The van der Waals surface area contributed by atoms with Gasteiger partial charge in [0.15, 0.2) is 0 Å². The number of carboxylic acid groups (broad SMARTS) is 1. The van der Waals surface area contributed by atoms with E-state index < -0.39 is 16.0 Å². The molecule has 0 aliphatic carbocycles. The van der Waals surface area contributed by atoms with Crippen molar-refractivity contribution in [3.63, 3.8) is 0 Å². The number of sulfonamides is 1. The van der Waals surface area contributed by atoms with Crippen molar-refractivity contribution in [2.75, 3.05) is 13.1 Å². The van der Waals surface area contributed by atoms with Crippen LogP contribution < -0.4 is 4.72 Å². The fraction of sp³-hybridized carbons (Fsp3) is 0.353. The zero-order valence-electron chi connectivity index (χ0n) is 13.6. The van der Waals surface area contributed by atoms with Crippen molar-refractivity contribution in [3.05, 3.63) is 52.9 Å². The Morgan fingerprint density at radius 2 is 2.08 bits per heavy atom. The van der Waals surface area contributed by atoms with E-state index >= 15 is 0 Å². The van der Waals surface area contributed by atoms with Crippen LogP contribution in [0.3, 0.4) is 0 Å². The summed E-state index contributed by atoms with van der Waals surface area (Å²) in [6, 6.07) is 11.1. The van der Waals surface area contributed by atoms with Crippen molar-refractivity contribution in [1.29, 1.82) is 0 Å². The summed E-state index contributed by atoms with van der Waals surface area (Å²) in [5.41, 5.74) is 1.20. The van der Waals surface area contributed by atoms with Gasteiger partial charge in [-0.1, -0.05) is 30.3 Å². The molecule has 2 aromatic rings. The second-order valence-corrected chi connectivity index (χ2v) is 8.99. The molecule has 1 unspecified atom stereocenters. The minimum Gasteiger partial charge on any atom is -0.478 e. The molecule has 2 N–H and O–H groups in total. The highest BCUT2D eigenvalue weighted by atomic mass is 32.2. The van der Waals surface area contributed by atoms with E-state index in [0.717, 1.165) is 37.3 Å². The van der Waals surface area contributed by atoms with E-state index in [4.69, 9.17) is 5.11 Å². The normalized spacial score (nSPS) is 19.0. The van der Waals surface area contributed by atoms with E-state index in [1.807, 2.05) is 18.2 Å². The molecule has 0 bridgehead atoms. The summed E-state index contributed by atoms with van der Waals surface area (Å²) in [5.74, 6) is -1.12.